The summed E-state index contributed by atoms with van der Waals surface area (Å²) in [5.41, 5.74) is 6.69. The van der Waals surface area contributed by atoms with Crippen LogP contribution >= 0.6 is 52.1 Å². The molecule has 162 valence electrons. The minimum atomic E-state index is -3.02. The number of fused-ring (bicyclic) bond motifs is 1. The molecule has 0 aromatic carbocycles. The van der Waals surface area contributed by atoms with Crippen LogP contribution in [0.15, 0.2) is 3.79 Å². The molecular formula is C15H20BrCl2F4N3O2S. The number of carbonyl (C=O) groups excluding carboxylic acids is 1. The quantitative estimate of drug-likeness (QED) is 0.459. The fourth-order valence-electron chi connectivity index (χ4n) is 3.41. The van der Waals surface area contributed by atoms with Gasteiger partial charge in [-0.3, -0.25) is 0 Å². The van der Waals surface area contributed by atoms with E-state index in [2.05, 4.69) is 21.2 Å². The normalized spacial score (nSPS) is 23.2. The molecule has 0 spiro atoms. The molecule has 0 radical (unpaired) electrons. The van der Waals surface area contributed by atoms with Crippen LogP contribution in [0.1, 0.15) is 21.7 Å². The molecule has 28 heavy (non-hydrogen) atoms. The maximum atomic E-state index is 14.2. The summed E-state index contributed by atoms with van der Waals surface area (Å²) in [6, 6.07) is -1.48. The number of thiophene rings is 1. The van der Waals surface area contributed by atoms with Gasteiger partial charge in [0, 0.05) is 37.0 Å². The van der Waals surface area contributed by atoms with Gasteiger partial charge in [0.15, 0.2) is 0 Å². The van der Waals surface area contributed by atoms with Crippen molar-refractivity contribution < 1.29 is 27.1 Å². The molecule has 0 aliphatic carbocycles. The lowest BCUT2D eigenvalue weighted by atomic mass is 9.99. The molecule has 1 aromatic heterocycles. The number of carbonyl (C=O) groups is 1. The van der Waals surface area contributed by atoms with E-state index in [9.17, 15) is 22.4 Å². The van der Waals surface area contributed by atoms with Crippen molar-refractivity contribution in [3.63, 3.8) is 0 Å². The second-order valence-corrected chi connectivity index (χ2v) is 8.99. The molecule has 1 aromatic rings. The first-order valence-electron chi connectivity index (χ1n) is 7.92. The van der Waals surface area contributed by atoms with Crippen molar-refractivity contribution in [1.29, 1.82) is 0 Å². The minimum Gasteiger partial charge on any atom is -0.465 e. The number of nitrogens with two attached hydrogens (primary N) is 1. The molecule has 2 aliphatic heterocycles. The highest BCUT2D eigenvalue weighted by Crippen LogP contribution is 2.46. The molecule has 3 heterocycles. The third-order valence-corrected chi connectivity index (χ3v) is 6.52. The van der Waals surface area contributed by atoms with Crippen molar-refractivity contribution in [2.75, 3.05) is 31.6 Å². The Hall–Kier alpha value is -0.330. The van der Waals surface area contributed by atoms with Gasteiger partial charge in [0.05, 0.1) is 29.7 Å². The van der Waals surface area contributed by atoms with Crippen LogP contribution in [0, 0.1) is 0 Å². The number of esters is 1. The fourth-order valence-corrected chi connectivity index (χ4v) is 5.21. The van der Waals surface area contributed by atoms with Gasteiger partial charge in [-0.25, -0.2) is 22.4 Å². The van der Waals surface area contributed by atoms with Gasteiger partial charge < -0.3 is 20.7 Å². The molecule has 0 amide bonds. The molecule has 5 nitrogen and oxygen atoms in total. The van der Waals surface area contributed by atoms with Crippen LogP contribution in [0.4, 0.5) is 23.2 Å². The molecule has 3 rings (SSSR count). The highest BCUT2D eigenvalue weighted by Gasteiger charge is 2.45. The molecule has 0 saturated carbocycles. The number of methoxy groups -OCH3 is 1. The van der Waals surface area contributed by atoms with Crippen LogP contribution < -0.4 is 16.0 Å². The number of hydrogen-bond donors (Lipinski definition) is 2. The minimum absolute atomic E-state index is 0. The van der Waals surface area contributed by atoms with Gasteiger partial charge in [-0.05, 0) is 15.9 Å². The zero-order chi connectivity index (χ0) is 19.3. The Labute approximate surface area is 184 Å². The number of alkyl halides is 4. The van der Waals surface area contributed by atoms with Crippen molar-refractivity contribution in [3.8, 4) is 0 Å². The predicted octanol–water partition coefficient (Wildman–Crippen LogP) is 3.46. The van der Waals surface area contributed by atoms with E-state index in [1.165, 1.54) is 12.0 Å². The number of hydrogen-bond acceptors (Lipinski definition) is 6. The van der Waals surface area contributed by atoms with Crippen molar-refractivity contribution >= 4 is 63.7 Å². The molecule has 3 N–H and O–H groups in total. The van der Waals surface area contributed by atoms with Gasteiger partial charge in [-0.1, -0.05) is 0 Å². The average Bonchev–Trinajstić information content (AvgIpc) is 3.06. The van der Waals surface area contributed by atoms with E-state index in [-0.39, 0.29) is 36.2 Å². The van der Waals surface area contributed by atoms with Crippen LogP contribution in [-0.2, 0) is 11.2 Å². The lowest BCUT2D eigenvalue weighted by Gasteiger charge is -2.37. The second-order valence-electron chi connectivity index (χ2n) is 6.65. The van der Waals surface area contributed by atoms with E-state index in [4.69, 9.17) is 10.5 Å². The van der Waals surface area contributed by atoms with E-state index in [0.29, 0.717) is 15.0 Å². The number of nitrogens with zero attached hydrogens (tertiary/aromatic N) is 1. The molecular weight excluding hydrogens is 513 g/mol. The zero-order valence-electron chi connectivity index (χ0n) is 14.6. The third kappa shape index (κ3) is 5.23. The number of anilines is 1. The molecule has 1 unspecified atom stereocenters. The summed E-state index contributed by atoms with van der Waals surface area (Å²) in [5.74, 6) is -6.51. The summed E-state index contributed by atoms with van der Waals surface area (Å²) >= 11 is 4.25. The largest absolute Gasteiger partial charge is 0.465 e. The summed E-state index contributed by atoms with van der Waals surface area (Å²) in [6.45, 7) is -1.20. The standard InChI is InChI=1S/C15H18BrF4N3O2S.2ClH/c1-25-13(24)11-10-7(12(16)26-11)2-15(19,20)6-23(10)4-8(21)9-3-14(17,18)5-22-9;;/h8-9,22H,2-6,21H2,1H3;2*1H/t8?,9-;;/m0../s1. The van der Waals surface area contributed by atoms with E-state index in [1.54, 1.807) is 0 Å². The van der Waals surface area contributed by atoms with Crippen LogP contribution in [0.25, 0.3) is 0 Å². The Balaban J connectivity index is 0.00000196. The van der Waals surface area contributed by atoms with Crippen molar-refractivity contribution in [3.05, 3.63) is 14.2 Å². The van der Waals surface area contributed by atoms with Crippen LogP contribution in [0.2, 0.25) is 0 Å². The first-order chi connectivity index (χ1) is 12.0. The maximum Gasteiger partial charge on any atom is 0.350 e. The van der Waals surface area contributed by atoms with Gasteiger partial charge in [0.2, 0.25) is 0 Å². The lowest BCUT2D eigenvalue weighted by molar-refractivity contribution is 0.00434. The van der Waals surface area contributed by atoms with Crippen molar-refractivity contribution in [1.82, 2.24) is 5.32 Å². The van der Waals surface area contributed by atoms with Crippen LogP contribution in [0.5, 0.6) is 0 Å². The molecule has 2 aliphatic rings. The summed E-state index contributed by atoms with van der Waals surface area (Å²) < 4.78 is 60.4. The number of nitrogens with one attached hydrogen (secondary N) is 1. The third-order valence-electron chi connectivity index (χ3n) is 4.56. The van der Waals surface area contributed by atoms with Gasteiger partial charge in [-0.2, -0.15) is 0 Å². The number of halogens is 7. The smallest absolute Gasteiger partial charge is 0.350 e. The zero-order valence-corrected chi connectivity index (χ0v) is 18.7. The first-order valence-corrected chi connectivity index (χ1v) is 9.53. The van der Waals surface area contributed by atoms with E-state index in [1.807, 2.05) is 0 Å². The Kier molecular flexibility index (Phi) is 8.46. The Bertz CT molecular complexity index is 726. The fraction of sp³-hybridized carbons (Fsp3) is 0.667. The maximum absolute atomic E-state index is 14.2. The summed E-state index contributed by atoms with van der Waals surface area (Å²) in [4.78, 5) is 13.6. The van der Waals surface area contributed by atoms with Crippen LogP contribution in [0.3, 0.4) is 0 Å². The summed E-state index contributed by atoms with van der Waals surface area (Å²) in [7, 11) is 1.21. The molecule has 0 bridgehead atoms. The lowest BCUT2D eigenvalue weighted by Crippen LogP contribution is -2.53. The Morgan fingerprint density at radius 3 is 2.57 bits per heavy atom. The monoisotopic (exact) mass is 531 g/mol. The Morgan fingerprint density at radius 1 is 1.39 bits per heavy atom. The van der Waals surface area contributed by atoms with Gasteiger partial charge in [0.1, 0.15) is 4.88 Å². The van der Waals surface area contributed by atoms with Crippen molar-refractivity contribution in [2.24, 2.45) is 5.73 Å². The average molecular weight is 533 g/mol. The highest BCUT2D eigenvalue weighted by molar-refractivity contribution is 9.11. The number of ether oxygens (including phenoxy) is 1. The van der Waals surface area contributed by atoms with E-state index >= 15 is 0 Å². The molecule has 1 saturated heterocycles. The second kappa shape index (κ2) is 9.22. The molecule has 1 fully saturated rings. The summed E-state index contributed by atoms with van der Waals surface area (Å²) in [6.07, 6.45) is -0.954. The highest BCUT2D eigenvalue weighted by atomic mass is 79.9. The first kappa shape index (κ1) is 25.7. The summed E-state index contributed by atoms with van der Waals surface area (Å²) in [5, 5.41) is 2.65. The van der Waals surface area contributed by atoms with E-state index in [0.717, 1.165) is 11.3 Å². The Morgan fingerprint density at radius 2 is 2.04 bits per heavy atom. The topological polar surface area (TPSA) is 67.6 Å². The SMILES string of the molecule is COC(=O)c1sc(Br)c2c1N(CC(N)[C@@H]1CC(F)(F)CN1)CC(F)(F)C2.Cl.Cl. The predicted molar refractivity (Wildman–Crippen MR) is 108 cm³/mol. The van der Waals surface area contributed by atoms with E-state index < -0.39 is 55.8 Å². The van der Waals surface area contributed by atoms with Crippen LogP contribution in [-0.4, -0.2) is 56.6 Å². The van der Waals surface area contributed by atoms with Crippen molar-refractivity contribution in [2.45, 2.75) is 36.8 Å². The molecule has 2 atom stereocenters. The van der Waals surface area contributed by atoms with Gasteiger partial charge in [0.25, 0.3) is 11.8 Å². The van der Waals surface area contributed by atoms with Gasteiger partial charge in [-0.15, -0.1) is 36.2 Å². The van der Waals surface area contributed by atoms with Gasteiger partial charge >= 0.3 is 5.97 Å². The molecule has 13 heteroatoms. The number of rotatable bonds is 4.